The molecule has 0 aromatic heterocycles. The molecule has 0 spiro atoms. The maximum atomic E-state index is 12.4. The molecule has 0 saturated heterocycles. The van der Waals surface area contributed by atoms with Gasteiger partial charge >= 0.3 is 5.97 Å². The summed E-state index contributed by atoms with van der Waals surface area (Å²) in [6.45, 7) is 7.59. The molecule has 0 unspecified atom stereocenters. The predicted octanol–water partition coefficient (Wildman–Crippen LogP) is 4.64. The number of nitrogens with one attached hydrogen (secondary N) is 1. The smallest absolute Gasteiger partial charge is 0.345 e. The van der Waals surface area contributed by atoms with Crippen molar-refractivity contribution < 1.29 is 19.2 Å². The molecule has 2 aromatic carbocycles. The van der Waals surface area contributed by atoms with Crippen molar-refractivity contribution in [2.24, 2.45) is 0 Å². The van der Waals surface area contributed by atoms with Crippen molar-refractivity contribution in [1.82, 2.24) is 0 Å². The Bertz CT molecular complexity index is 864. The molecule has 2 aromatic rings. The fourth-order valence-corrected chi connectivity index (χ4v) is 2.89. The number of anilines is 1. The van der Waals surface area contributed by atoms with Gasteiger partial charge in [0, 0.05) is 11.8 Å². The monoisotopic (exact) mass is 384 g/mol. The Hall–Kier alpha value is -3.22. The largest absolute Gasteiger partial charge is 0.452 e. The number of para-hydroxylation sites is 2. The average Bonchev–Trinajstić information content (AvgIpc) is 2.65. The Kier molecular flexibility index (Phi) is 6.87. The highest BCUT2D eigenvalue weighted by Crippen LogP contribution is 2.32. The van der Waals surface area contributed by atoms with E-state index in [1.807, 2.05) is 45.9 Å². The zero-order chi connectivity index (χ0) is 20.8. The van der Waals surface area contributed by atoms with Crippen LogP contribution in [-0.2, 0) is 9.53 Å². The third kappa shape index (κ3) is 4.94. The number of amides is 1. The van der Waals surface area contributed by atoms with E-state index in [9.17, 15) is 19.7 Å². The van der Waals surface area contributed by atoms with Gasteiger partial charge in [0.25, 0.3) is 11.6 Å². The topological polar surface area (TPSA) is 98.5 Å². The minimum Gasteiger partial charge on any atom is -0.452 e. The van der Waals surface area contributed by atoms with Crippen LogP contribution >= 0.6 is 0 Å². The third-order valence-corrected chi connectivity index (χ3v) is 4.29. The van der Waals surface area contributed by atoms with Crippen LogP contribution in [0.15, 0.2) is 42.5 Å². The fourth-order valence-electron chi connectivity index (χ4n) is 2.89. The molecule has 0 fully saturated rings. The summed E-state index contributed by atoms with van der Waals surface area (Å²) in [7, 11) is 0. The Morgan fingerprint density at radius 3 is 2.11 bits per heavy atom. The number of nitro groups is 1. The van der Waals surface area contributed by atoms with E-state index < -0.39 is 23.4 Å². The van der Waals surface area contributed by atoms with E-state index in [1.54, 1.807) is 0 Å². The highest BCUT2D eigenvalue weighted by molar-refractivity contribution is 5.98. The van der Waals surface area contributed by atoms with Crippen molar-refractivity contribution in [3.63, 3.8) is 0 Å². The summed E-state index contributed by atoms with van der Waals surface area (Å²) >= 11 is 0. The Balaban J connectivity index is 2.14. The Morgan fingerprint density at radius 2 is 1.57 bits per heavy atom. The van der Waals surface area contributed by atoms with Crippen LogP contribution in [0, 0.1) is 10.1 Å². The summed E-state index contributed by atoms with van der Waals surface area (Å²) in [5, 5.41) is 13.9. The minimum absolute atomic E-state index is 0.189. The van der Waals surface area contributed by atoms with Gasteiger partial charge in [0.2, 0.25) is 0 Å². The van der Waals surface area contributed by atoms with Crippen LogP contribution in [-0.4, -0.2) is 23.4 Å². The van der Waals surface area contributed by atoms with Crippen LogP contribution in [0.4, 0.5) is 11.4 Å². The molecule has 0 saturated carbocycles. The van der Waals surface area contributed by atoms with Gasteiger partial charge in [-0.1, -0.05) is 58.0 Å². The van der Waals surface area contributed by atoms with Crippen LogP contribution in [0.5, 0.6) is 0 Å². The molecular weight excluding hydrogens is 360 g/mol. The number of carbonyl (C=O) groups excluding carboxylic acids is 2. The highest BCUT2D eigenvalue weighted by atomic mass is 16.6. The van der Waals surface area contributed by atoms with Crippen LogP contribution < -0.4 is 5.32 Å². The van der Waals surface area contributed by atoms with E-state index in [1.165, 1.54) is 24.3 Å². The van der Waals surface area contributed by atoms with E-state index in [4.69, 9.17) is 4.74 Å². The number of rotatable bonds is 7. The number of hydrogen-bond donors (Lipinski definition) is 1. The van der Waals surface area contributed by atoms with Gasteiger partial charge in [0.1, 0.15) is 5.56 Å². The summed E-state index contributed by atoms with van der Waals surface area (Å²) in [6, 6.07) is 11.3. The van der Waals surface area contributed by atoms with Gasteiger partial charge in [-0.25, -0.2) is 4.79 Å². The first-order valence-electron chi connectivity index (χ1n) is 9.05. The van der Waals surface area contributed by atoms with Crippen molar-refractivity contribution >= 4 is 23.3 Å². The fraction of sp³-hybridized carbons (Fsp3) is 0.333. The van der Waals surface area contributed by atoms with Gasteiger partial charge in [-0.05, 0) is 29.0 Å². The van der Waals surface area contributed by atoms with E-state index in [0.717, 1.165) is 16.8 Å². The number of benzene rings is 2. The van der Waals surface area contributed by atoms with Gasteiger partial charge < -0.3 is 10.1 Å². The average molecular weight is 384 g/mol. The predicted molar refractivity (Wildman–Crippen MR) is 107 cm³/mol. The first kappa shape index (κ1) is 21.1. The lowest BCUT2D eigenvalue weighted by Gasteiger charge is -2.20. The first-order chi connectivity index (χ1) is 13.2. The summed E-state index contributed by atoms with van der Waals surface area (Å²) in [6.07, 6.45) is 0. The first-order valence-corrected chi connectivity index (χ1v) is 9.05. The highest BCUT2D eigenvalue weighted by Gasteiger charge is 2.22. The van der Waals surface area contributed by atoms with E-state index in [2.05, 4.69) is 5.32 Å². The molecule has 0 aliphatic rings. The zero-order valence-electron chi connectivity index (χ0n) is 16.4. The summed E-state index contributed by atoms with van der Waals surface area (Å²) < 4.78 is 5.00. The normalized spacial score (nSPS) is 10.8. The van der Waals surface area contributed by atoms with E-state index in [-0.39, 0.29) is 23.1 Å². The molecule has 7 heteroatoms. The number of carbonyl (C=O) groups is 2. The number of nitro benzene ring substituents is 1. The van der Waals surface area contributed by atoms with Crippen LogP contribution in [0.25, 0.3) is 0 Å². The van der Waals surface area contributed by atoms with Crippen molar-refractivity contribution in [3.05, 3.63) is 69.3 Å². The van der Waals surface area contributed by atoms with Gasteiger partial charge in [0.15, 0.2) is 6.61 Å². The molecule has 7 nitrogen and oxygen atoms in total. The lowest BCUT2D eigenvalue weighted by Crippen LogP contribution is -2.23. The number of nitrogens with zero attached hydrogens (tertiary/aromatic N) is 1. The maximum absolute atomic E-state index is 12.4. The molecule has 0 aliphatic carbocycles. The lowest BCUT2D eigenvalue weighted by atomic mass is 9.92. The molecule has 0 bridgehead atoms. The molecule has 0 aliphatic heterocycles. The number of esters is 1. The van der Waals surface area contributed by atoms with Crippen molar-refractivity contribution in [2.75, 3.05) is 11.9 Å². The molecule has 148 valence electrons. The minimum atomic E-state index is -0.913. The van der Waals surface area contributed by atoms with Crippen molar-refractivity contribution in [2.45, 2.75) is 39.5 Å². The van der Waals surface area contributed by atoms with E-state index in [0.29, 0.717) is 0 Å². The standard InChI is InChI=1S/C21H24N2O5/c1-13(2)15-9-7-10-16(14(3)4)20(15)22-19(24)12-28-21(25)17-8-5-6-11-18(17)23(26)27/h5-11,13-14H,12H2,1-4H3,(H,22,24). The summed E-state index contributed by atoms with van der Waals surface area (Å²) in [5.41, 5.74) is 2.15. The van der Waals surface area contributed by atoms with E-state index >= 15 is 0 Å². The molecule has 0 radical (unpaired) electrons. The molecule has 28 heavy (non-hydrogen) atoms. The van der Waals surface area contributed by atoms with Gasteiger partial charge in [-0.2, -0.15) is 0 Å². The zero-order valence-corrected chi connectivity index (χ0v) is 16.4. The SMILES string of the molecule is CC(C)c1cccc(C(C)C)c1NC(=O)COC(=O)c1ccccc1[N+](=O)[O-]. The van der Waals surface area contributed by atoms with Gasteiger partial charge in [0.05, 0.1) is 4.92 Å². The van der Waals surface area contributed by atoms with Gasteiger partial charge in [-0.15, -0.1) is 0 Å². The van der Waals surface area contributed by atoms with Crippen molar-refractivity contribution in [3.8, 4) is 0 Å². The summed E-state index contributed by atoms with van der Waals surface area (Å²) in [5.74, 6) is -1.02. The Morgan fingerprint density at radius 1 is 1.00 bits per heavy atom. The van der Waals surface area contributed by atoms with Crippen LogP contribution in [0.1, 0.15) is 61.0 Å². The van der Waals surface area contributed by atoms with Crippen molar-refractivity contribution in [1.29, 1.82) is 0 Å². The molecule has 2 rings (SSSR count). The molecule has 1 amide bonds. The second kappa shape index (κ2) is 9.12. The van der Waals surface area contributed by atoms with Crippen LogP contribution in [0.2, 0.25) is 0 Å². The quantitative estimate of drug-likeness (QED) is 0.426. The van der Waals surface area contributed by atoms with Crippen LogP contribution in [0.3, 0.4) is 0 Å². The second-order valence-corrected chi connectivity index (χ2v) is 7.02. The summed E-state index contributed by atoms with van der Waals surface area (Å²) in [4.78, 5) is 34.9. The molecule has 1 N–H and O–H groups in total. The molecule has 0 heterocycles. The third-order valence-electron chi connectivity index (χ3n) is 4.29. The lowest BCUT2D eigenvalue weighted by molar-refractivity contribution is -0.385. The molecular formula is C21H24N2O5. The molecule has 0 atom stereocenters. The van der Waals surface area contributed by atoms with Gasteiger partial charge in [-0.3, -0.25) is 14.9 Å². The number of ether oxygens (including phenoxy) is 1. The number of hydrogen-bond acceptors (Lipinski definition) is 5. The maximum Gasteiger partial charge on any atom is 0.345 e. The second-order valence-electron chi connectivity index (χ2n) is 7.02. The Labute approximate surface area is 163 Å².